The molecule has 1 aliphatic rings. The summed E-state index contributed by atoms with van der Waals surface area (Å²) in [4.78, 5) is 18.4. The maximum Gasteiger partial charge on any atom is 0.434 e. The van der Waals surface area contributed by atoms with E-state index < -0.39 is 11.9 Å². The zero-order valence-corrected chi connectivity index (χ0v) is 18.0. The number of anilines is 1. The summed E-state index contributed by atoms with van der Waals surface area (Å²) >= 11 is 0. The van der Waals surface area contributed by atoms with Gasteiger partial charge in [0.2, 0.25) is 0 Å². The summed E-state index contributed by atoms with van der Waals surface area (Å²) in [6.07, 6.45) is 1.53. The average Bonchev–Trinajstić information content (AvgIpc) is 3.43. The van der Waals surface area contributed by atoms with Crippen LogP contribution in [-0.4, -0.2) is 44.0 Å². The topological polar surface area (TPSA) is 66.9 Å². The Labute approximate surface area is 187 Å². The molecule has 7 nitrogen and oxygen atoms in total. The van der Waals surface area contributed by atoms with E-state index in [2.05, 4.69) is 15.4 Å². The summed E-state index contributed by atoms with van der Waals surface area (Å²) in [6.45, 7) is 0. The van der Waals surface area contributed by atoms with Gasteiger partial charge in [-0.1, -0.05) is 12.1 Å². The summed E-state index contributed by atoms with van der Waals surface area (Å²) < 4.78 is 42.5. The van der Waals surface area contributed by atoms with Gasteiger partial charge in [-0.25, -0.2) is 9.50 Å². The third kappa shape index (κ3) is 4.12. The maximum atomic E-state index is 13.1. The third-order valence-electron chi connectivity index (χ3n) is 6.30. The fraction of sp³-hybridized carbons (Fsp3) is 0.348. The summed E-state index contributed by atoms with van der Waals surface area (Å²) in [5.74, 6) is 0.464. The number of aromatic nitrogens is 4. The standard InChI is InChI=1S/C23H23F3N6O/c1-30(21-7-4-6-20-28-19(14-31(20)21)23(24,25)26)16-10-8-15(9-11-16)27-22(33)18-13-17-5-2-3-12-32(17)29-18/h2-7,12-16H,8-11H2,1H3,(H,27,33)/t15-,16+. The molecule has 0 saturated heterocycles. The van der Waals surface area contributed by atoms with Crippen LogP contribution in [0, 0.1) is 0 Å². The molecule has 5 rings (SSSR count). The first kappa shape index (κ1) is 21.3. The van der Waals surface area contributed by atoms with Crippen molar-refractivity contribution in [3.05, 3.63) is 66.2 Å². The van der Waals surface area contributed by atoms with Gasteiger partial charge in [-0.15, -0.1) is 0 Å². The Morgan fingerprint density at radius 1 is 1.12 bits per heavy atom. The fourth-order valence-electron chi connectivity index (χ4n) is 4.52. The van der Waals surface area contributed by atoms with E-state index in [0.29, 0.717) is 11.5 Å². The van der Waals surface area contributed by atoms with Gasteiger partial charge in [-0.05, 0) is 56.0 Å². The largest absolute Gasteiger partial charge is 0.434 e. The minimum Gasteiger partial charge on any atom is -0.358 e. The summed E-state index contributed by atoms with van der Waals surface area (Å²) in [5.41, 5.74) is 0.602. The van der Waals surface area contributed by atoms with Crippen molar-refractivity contribution in [2.45, 2.75) is 43.9 Å². The average molecular weight is 456 g/mol. The number of nitrogens with one attached hydrogen (secondary N) is 1. The molecule has 0 bridgehead atoms. The number of fused-ring (bicyclic) bond motifs is 2. The third-order valence-corrected chi connectivity index (χ3v) is 6.30. The van der Waals surface area contributed by atoms with Crippen LogP contribution in [-0.2, 0) is 6.18 Å². The number of pyridine rings is 2. The highest BCUT2D eigenvalue weighted by Crippen LogP contribution is 2.31. The summed E-state index contributed by atoms with van der Waals surface area (Å²) in [7, 11) is 1.89. The molecule has 1 aliphatic carbocycles. The highest BCUT2D eigenvalue weighted by molar-refractivity contribution is 5.93. The lowest BCUT2D eigenvalue weighted by atomic mass is 9.90. The summed E-state index contributed by atoms with van der Waals surface area (Å²) in [6, 6.07) is 12.7. The first-order chi connectivity index (χ1) is 15.8. The van der Waals surface area contributed by atoms with Gasteiger partial charge in [0.1, 0.15) is 11.5 Å². The van der Waals surface area contributed by atoms with Gasteiger partial charge in [-0.3, -0.25) is 9.20 Å². The smallest absolute Gasteiger partial charge is 0.358 e. The Bertz CT molecular complexity index is 1270. The van der Waals surface area contributed by atoms with Crippen LogP contribution in [0.1, 0.15) is 41.9 Å². The molecular weight excluding hydrogens is 433 g/mol. The second kappa shape index (κ2) is 8.09. The van der Waals surface area contributed by atoms with Crippen LogP contribution in [0.2, 0.25) is 0 Å². The molecule has 0 atom stereocenters. The van der Waals surface area contributed by atoms with E-state index in [1.54, 1.807) is 35.0 Å². The molecule has 1 amide bonds. The number of rotatable bonds is 4. The summed E-state index contributed by atoms with van der Waals surface area (Å²) in [5, 5.41) is 7.39. The number of hydrogen-bond donors (Lipinski definition) is 1. The second-order valence-electron chi connectivity index (χ2n) is 8.43. The zero-order valence-electron chi connectivity index (χ0n) is 18.0. The van der Waals surface area contributed by atoms with Crippen LogP contribution in [0.5, 0.6) is 0 Å². The van der Waals surface area contributed by atoms with Gasteiger partial charge in [0.05, 0.1) is 5.52 Å². The lowest BCUT2D eigenvalue weighted by Crippen LogP contribution is -2.43. The van der Waals surface area contributed by atoms with Crippen molar-refractivity contribution in [3.63, 3.8) is 0 Å². The SMILES string of the molecule is CN(c1cccc2nc(C(F)(F)F)cn12)[C@H]1CC[C@@H](NC(=O)c2cc3ccccn3n2)CC1. The molecule has 1 saturated carbocycles. The molecule has 0 spiro atoms. The van der Waals surface area contributed by atoms with E-state index in [-0.39, 0.29) is 23.6 Å². The highest BCUT2D eigenvalue weighted by atomic mass is 19.4. The van der Waals surface area contributed by atoms with Crippen molar-refractivity contribution in [1.29, 1.82) is 0 Å². The number of amides is 1. The number of alkyl halides is 3. The van der Waals surface area contributed by atoms with E-state index in [9.17, 15) is 18.0 Å². The van der Waals surface area contributed by atoms with E-state index in [0.717, 1.165) is 37.4 Å². The number of halogens is 3. The van der Waals surface area contributed by atoms with Crippen LogP contribution in [0.4, 0.5) is 19.0 Å². The molecule has 4 heterocycles. The molecule has 4 aromatic rings. The lowest BCUT2D eigenvalue weighted by Gasteiger charge is -2.36. The van der Waals surface area contributed by atoms with Crippen LogP contribution in [0.3, 0.4) is 0 Å². The molecule has 1 fully saturated rings. The molecule has 0 aliphatic heterocycles. The van der Waals surface area contributed by atoms with Gasteiger partial charge >= 0.3 is 6.18 Å². The van der Waals surface area contributed by atoms with Gasteiger partial charge in [0.15, 0.2) is 11.4 Å². The Morgan fingerprint density at radius 2 is 1.91 bits per heavy atom. The number of hydrogen-bond acceptors (Lipinski definition) is 4. The quantitative estimate of drug-likeness (QED) is 0.500. The van der Waals surface area contributed by atoms with Crippen molar-refractivity contribution in [2.75, 3.05) is 11.9 Å². The van der Waals surface area contributed by atoms with Crippen molar-refractivity contribution < 1.29 is 18.0 Å². The lowest BCUT2D eigenvalue weighted by molar-refractivity contribution is -0.140. The zero-order chi connectivity index (χ0) is 23.2. The highest BCUT2D eigenvalue weighted by Gasteiger charge is 2.34. The van der Waals surface area contributed by atoms with E-state index >= 15 is 0 Å². The molecule has 0 radical (unpaired) electrons. The fourth-order valence-corrected chi connectivity index (χ4v) is 4.52. The number of carbonyl (C=O) groups excluding carboxylic acids is 1. The van der Waals surface area contributed by atoms with Gasteiger partial charge in [0, 0.05) is 31.5 Å². The molecule has 4 aromatic heterocycles. The first-order valence-electron chi connectivity index (χ1n) is 10.8. The Hall–Kier alpha value is -3.56. The van der Waals surface area contributed by atoms with E-state index in [1.165, 1.54) is 4.40 Å². The number of carbonyl (C=O) groups is 1. The molecule has 1 N–H and O–H groups in total. The van der Waals surface area contributed by atoms with E-state index in [1.807, 2.05) is 30.1 Å². The minimum atomic E-state index is -4.49. The normalized spacial score (nSPS) is 19.2. The molecule has 33 heavy (non-hydrogen) atoms. The monoisotopic (exact) mass is 456 g/mol. The van der Waals surface area contributed by atoms with Gasteiger partial charge < -0.3 is 10.2 Å². The van der Waals surface area contributed by atoms with Crippen LogP contribution in [0.15, 0.2) is 54.9 Å². The molecule has 172 valence electrons. The number of nitrogens with zero attached hydrogens (tertiary/aromatic N) is 5. The molecule has 0 aromatic carbocycles. The van der Waals surface area contributed by atoms with Gasteiger partial charge in [-0.2, -0.15) is 18.3 Å². The molecule has 10 heteroatoms. The van der Waals surface area contributed by atoms with Gasteiger partial charge in [0.25, 0.3) is 5.91 Å². The van der Waals surface area contributed by atoms with Crippen LogP contribution < -0.4 is 10.2 Å². The first-order valence-corrected chi connectivity index (χ1v) is 10.8. The van der Waals surface area contributed by atoms with Crippen LogP contribution >= 0.6 is 0 Å². The maximum absolute atomic E-state index is 13.1. The molecular formula is C23H23F3N6O. The minimum absolute atomic E-state index is 0.0350. The number of imidazole rings is 1. The second-order valence-corrected chi connectivity index (χ2v) is 8.43. The van der Waals surface area contributed by atoms with Crippen molar-refractivity contribution >= 4 is 22.9 Å². The van der Waals surface area contributed by atoms with Crippen LogP contribution in [0.25, 0.3) is 11.2 Å². The Morgan fingerprint density at radius 3 is 2.64 bits per heavy atom. The predicted molar refractivity (Wildman–Crippen MR) is 117 cm³/mol. The predicted octanol–water partition coefficient (Wildman–Crippen LogP) is 4.18. The van der Waals surface area contributed by atoms with Crippen molar-refractivity contribution in [3.8, 4) is 0 Å². The molecule has 0 unspecified atom stereocenters. The van der Waals surface area contributed by atoms with Crippen molar-refractivity contribution in [2.24, 2.45) is 0 Å². The van der Waals surface area contributed by atoms with Crippen molar-refractivity contribution in [1.82, 2.24) is 24.3 Å². The Kier molecular flexibility index (Phi) is 5.22. The van der Waals surface area contributed by atoms with E-state index in [4.69, 9.17) is 0 Å². The Balaban J connectivity index is 1.24.